The Hall–Kier alpha value is -1.18. The number of hydrogen-bond acceptors (Lipinski definition) is 5. The summed E-state index contributed by atoms with van der Waals surface area (Å²) in [6, 6.07) is -0.750. The molecule has 7 nitrogen and oxygen atoms in total. The predicted molar refractivity (Wildman–Crippen MR) is 85.0 cm³/mol. The Morgan fingerprint density at radius 1 is 1.22 bits per heavy atom. The number of amides is 3. The van der Waals surface area contributed by atoms with E-state index in [2.05, 4.69) is 10.6 Å². The van der Waals surface area contributed by atoms with Gasteiger partial charge in [0.15, 0.2) is 0 Å². The Balaban J connectivity index is 0.00000192. The molecule has 3 amide bonds. The highest BCUT2D eigenvalue weighted by Gasteiger charge is 2.63. The molecule has 8 heteroatoms. The van der Waals surface area contributed by atoms with Gasteiger partial charge in [0.05, 0.1) is 24.0 Å². The van der Waals surface area contributed by atoms with Crippen molar-refractivity contribution in [3.8, 4) is 0 Å². The number of carbonyl (C=O) groups excluding carboxylic acids is 3. The van der Waals surface area contributed by atoms with E-state index >= 15 is 0 Å². The van der Waals surface area contributed by atoms with Crippen LogP contribution in [0.2, 0.25) is 0 Å². The van der Waals surface area contributed by atoms with Crippen LogP contribution in [-0.4, -0.2) is 61.0 Å². The molecule has 3 rings (SSSR count). The van der Waals surface area contributed by atoms with Gasteiger partial charge in [-0.05, 0) is 39.8 Å². The SMILES string of the molecule is CNCCCNC(=O)C(C)N1C(=O)C2C3CCC(O3)C2C1=O.Cl. The molecule has 3 fully saturated rings. The second-order valence-corrected chi connectivity index (χ2v) is 6.31. The van der Waals surface area contributed by atoms with Gasteiger partial charge in [-0.25, -0.2) is 0 Å². The fourth-order valence-electron chi connectivity index (χ4n) is 3.86. The minimum absolute atomic E-state index is 0. The lowest BCUT2D eigenvalue weighted by atomic mass is 9.81. The van der Waals surface area contributed by atoms with Crippen molar-refractivity contribution in [3.05, 3.63) is 0 Å². The third-order valence-electron chi connectivity index (χ3n) is 4.99. The number of carbonyl (C=O) groups is 3. The van der Waals surface area contributed by atoms with Crippen molar-refractivity contribution in [1.82, 2.24) is 15.5 Å². The number of fused-ring (bicyclic) bond motifs is 5. The maximum Gasteiger partial charge on any atom is 0.243 e. The van der Waals surface area contributed by atoms with E-state index in [-0.39, 0.29) is 54.2 Å². The zero-order valence-corrected chi connectivity index (χ0v) is 14.2. The zero-order chi connectivity index (χ0) is 15.9. The average molecular weight is 346 g/mol. The van der Waals surface area contributed by atoms with E-state index in [1.807, 2.05) is 7.05 Å². The number of imide groups is 1. The van der Waals surface area contributed by atoms with Gasteiger partial charge in [-0.15, -0.1) is 12.4 Å². The molecule has 0 saturated carbocycles. The first-order valence-electron chi connectivity index (χ1n) is 8.01. The van der Waals surface area contributed by atoms with E-state index in [1.54, 1.807) is 6.92 Å². The Labute approximate surface area is 141 Å². The number of halogens is 1. The lowest BCUT2D eigenvalue weighted by Crippen LogP contribution is -2.49. The molecule has 0 aromatic heterocycles. The van der Waals surface area contributed by atoms with Gasteiger partial charge in [-0.1, -0.05) is 0 Å². The largest absolute Gasteiger partial charge is 0.373 e. The van der Waals surface area contributed by atoms with Gasteiger partial charge >= 0.3 is 0 Å². The van der Waals surface area contributed by atoms with Gasteiger partial charge < -0.3 is 15.4 Å². The van der Waals surface area contributed by atoms with E-state index in [0.29, 0.717) is 6.54 Å². The smallest absolute Gasteiger partial charge is 0.243 e. The molecule has 3 aliphatic rings. The van der Waals surface area contributed by atoms with Crippen LogP contribution in [0.5, 0.6) is 0 Å². The van der Waals surface area contributed by atoms with Crippen molar-refractivity contribution in [2.45, 2.75) is 44.4 Å². The number of nitrogens with zero attached hydrogens (tertiary/aromatic N) is 1. The van der Waals surface area contributed by atoms with E-state index < -0.39 is 6.04 Å². The van der Waals surface area contributed by atoms with Crippen LogP contribution in [0, 0.1) is 11.8 Å². The average Bonchev–Trinajstić information content (AvgIpc) is 3.17. The van der Waals surface area contributed by atoms with E-state index in [0.717, 1.165) is 30.7 Å². The quantitative estimate of drug-likeness (QED) is 0.509. The standard InChI is InChI=1S/C15H23N3O4.ClH/c1-8(13(19)17-7-3-6-16-2)18-14(20)11-9-4-5-10(22-9)12(11)15(18)21;/h8-12,16H,3-7H2,1-2H3,(H,17,19);1H. The third-order valence-corrected chi connectivity index (χ3v) is 4.99. The number of ether oxygens (including phenoxy) is 1. The van der Waals surface area contributed by atoms with Crippen molar-refractivity contribution in [3.63, 3.8) is 0 Å². The Morgan fingerprint density at radius 2 is 1.78 bits per heavy atom. The summed E-state index contributed by atoms with van der Waals surface area (Å²) in [4.78, 5) is 38.4. The highest BCUT2D eigenvalue weighted by atomic mass is 35.5. The monoisotopic (exact) mass is 345 g/mol. The summed E-state index contributed by atoms with van der Waals surface area (Å²) in [5, 5.41) is 5.78. The Bertz CT molecular complexity index is 473. The Kier molecular flexibility index (Phi) is 5.65. The maximum absolute atomic E-state index is 12.5. The van der Waals surface area contributed by atoms with Crippen molar-refractivity contribution in [1.29, 1.82) is 0 Å². The fourth-order valence-corrected chi connectivity index (χ4v) is 3.86. The van der Waals surface area contributed by atoms with Crippen LogP contribution in [0.4, 0.5) is 0 Å². The second kappa shape index (κ2) is 7.15. The summed E-state index contributed by atoms with van der Waals surface area (Å²) < 4.78 is 5.68. The summed E-state index contributed by atoms with van der Waals surface area (Å²) in [7, 11) is 1.85. The summed E-state index contributed by atoms with van der Waals surface area (Å²) in [6.45, 7) is 2.95. The molecular formula is C15H24ClN3O4. The first-order chi connectivity index (χ1) is 10.6. The number of nitrogens with one attached hydrogen (secondary N) is 2. The van der Waals surface area contributed by atoms with Crippen LogP contribution in [-0.2, 0) is 19.1 Å². The summed E-state index contributed by atoms with van der Waals surface area (Å²) >= 11 is 0. The molecule has 3 saturated heterocycles. The summed E-state index contributed by atoms with van der Waals surface area (Å²) in [5.41, 5.74) is 0. The first-order valence-corrected chi connectivity index (χ1v) is 8.01. The van der Waals surface area contributed by atoms with Gasteiger partial charge in [0.1, 0.15) is 6.04 Å². The van der Waals surface area contributed by atoms with Crippen molar-refractivity contribution < 1.29 is 19.1 Å². The number of rotatable bonds is 6. The number of likely N-dealkylation sites (tertiary alicyclic amines) is 1. The molecule has 0 spiro atoms. The molecule has 3 aliphatic heterocycles. The summed E-state index contributed by atoms with van der Waals surface area (Å²) in [5.74, 6) is -1.48. The van der Waals surface area contributed by atoms with Gasteiger partial charge in [0.25, 0.3) is 0 Å². The van der Waals surface area contributed by atoms with Crippen LogP contribution < -0.4 is 10.6 Å². The van der Waals surface area contributed by atoms with Crippen molar-refractivity contribution in [2.75, 3.05) is 20.1 Å². The molecule has 23 heavy (non-hydrogen) atoms. The molecule has 3 heterocycles. The van der Waals surface area contributed by atoms with Crippen LogP contribution >= 0.6 is 12.4 Å². The van der Waals surface area contributed by atoms with E-state index in [1.165, 1.54) is 0 Å². The highest BCUT2D eigenvalue weighted by Crippen LogP contribution is 2.48. The maximum atomic E-state index is 12.5. The molecule has 0 aromatic carbocycles. The molecule has 5 atom stereocenters. The minimum Gasteiger partial charge on any atom is -0.373 e. The van der Waals surface area contributed by atoms with Crippen LogP contribution in [0.15, 0.2) is 0 Å². The molecular weight excluding hydrogens is 322 g/mol. The van der Waals surface area contributed by atoms with Crippen LogP contribution in [0.3, 0.4) is 0 Å². The summed E-state index contributed by atoms with van der Waals surface area (Å²) in [6.07, 6.45) is 2.21. The van der Waals surface area contributed by atoms with Gasteiger partial charge in [-0.3, -0.25) is 19.3 Å². The Morgan fingerprint density at radius 3 is 2.30 bits per heavy atom. The molecule has 0 aromatic rings. The molecule has 130 valence electrons. The molecule has 2 N–H and O–H groups in total. The van der Waals surface area contributed by atoms with Crippen molar-refractivity contribution in [2.24, 2.45) is 11.8 Å². The van der Waals surface area contributed by atoms with E-state index in [9.17, 15) is 14.4 Å². The van der Waals surface area contributed by atoms with Gasteiger partial charge in [0, 0.05) is 6.54 Å². The molecule has 2 bridgehead atoms. The van der Waals surface area contributed by atoms with Gasteiger partial charge in [0.2, 0.25) is 17.7 Å². The van der Waals surface area contributed by atoms with Gasteiger partial charge in [-0.2, -0.15) is 0 Å². The lowest BCUT2D eigenvalue weighted by molar-refractivity contribution is -0.149. The molecule has 0 radical (unpaired) electrons. The number of hydrogen-bond donors (Lipinski definition) is 2. The molecule has 5 unspecified atom stereocenters. The van der Waals surface area contributed by atoms with E-state index in [4.69, 9.17) is 4.74 Å². The fraction of sp³-hybridized carbons (Fsp3) is 0.800. The predicted octanol–water partition coefficient (Wildman–Crippen LogP) is -0.315. The highest BCUT2D eigenvalue weighted by molar-refractivity contribution is 6.09. The van der Waals surface area contributed by atoms with Crippen molar-refractivity contribution >= 4 is 30.1 Å². The normalized spacial score (nSPS) is 32.7. The topological polar surface area (TPSA) is 87.7 Å². The van der Waals surface area contributed by atoms with Crippen LogP contribution in [0.25, 0.3) is 0 Å². The minimum atomic E-state index is -0.750. The first kappa shape index (κ1) is 18.2. The zero-order valence-electron chi connectivity index (χ0n) is 13.4. The molecule has 0 aliphatic carbocycles. The third kappa shape index (κ3) is 2.97. The lowest BCUT2D eigenvalue weighted by Gasteiger charge is -2.23. The second-order valence-electron chi connectivity index (χ2n) is 6.31. The van der Waals surface area contributed by atoms with Crippen LogP contribution in [0.1, 0.15) is 26.2 Å².